The molecule has 1 unspecified atom stereocenters. The van der Waals surface area contributed by atoms with E-state index in [2.05, 4.69) is 20.4 Å². The molecule has 4 aromatic rings. The van der Waals surface area contributed by atoms with Crippen molar-refractivity contribution < 1.29 is 9.21 Å². The molecule has 1 aliphatic heterocycles. The van der Waals surface area contributed by atoms with Gasteiger partial charge in [0.1, 0.15) is 0 Å². The van der Waals surface area contributed by atoms with Crippen LogP contribution in [0.1, 0.15) is 35.1 Å². The summed E-state index contributed by atoms with van der Waals surface area (Å²) in [5.41, 5.74) is 1.15. The third kappa shape index (κ3) is 3.56. The molecular weight excluding hydrogens is 388 g/mol. The summed E-state index contributed by atoms with van der Waals surface area (Å²) in [6.45, 7) is 1.21. The quantitative estimate of drug-likeness (QED) is 0.516. The number of hydrogen-bond donors (Lipinski definition) is 0. The molecule has 0 saturated carbocycles. The minimum atomic E-state index is -0.130. The van der Waals surface area contributed by atoms with Crippen LogP contribution >= 0.6 is 11.3 Å². The zero-order valence-corrected chi connectivity index (χ0v) is 16.3. The third-order valence-corrected chi connectivity index (χ3v) is 5.79. The number of aromatic nitrogens is 5. The van der Waals surface area contributed by atoms with Crippen LogP contribution < -0.4 is 0 Å². The molecule has 1 aromatic carbocycles. The average molecular weight is 406 g/mol. The van der Waals surface area contributed by atoms with Gasteiger partial charge in [0.05, 0.1) is 22.7 Å². The van der Waals surface area contributed by atoms with Crippen LogP contribution in [0.5, 0.6) is 0 Å². The topological polar surface area (TPSA) is 89.9 Å². The lowest BCUT2D eigenvalue weighted by molar-refractivity contribution is 0.0692. The largest absolute Gasteiger partial charge is 0.420 e. The Balaban J connectivity index is 1.31. The smallest absolute Gasteiger partial charge is 0.276 e. The van der Waals surface area contributed by atoms with E-state index in [1.807, 2.05) is 47.8 Å². The lowest BCUT2D eigenvalue weighted by Gasteiger charge is -2.30. The summed E-state index contributed by atoms with van der Waals surface area (Å²) in [7, 11) is 0. The van der Waals surface area contributed by atoms with Crippen LogP contribution in [-0.4, -0.2) is 49.1 Å². The molecule has 0 N–H and O–H groups in total. The van der Waals surface area contributed by atoms with Crippen molar-refractivity contribution in [3.63, 3.8) is 0 Å². The minimum Gasteiger partial charge on any atom is -0.420 e. The predicted octanol–water partition coefficient (Wildman–Crippen LogP) is 3.40. The summed E-state index contributed by atoms with van der Waals surface area (Å²) in [5.74, 6) is 1.01. The summed E-state index contributed by atoms with van der Waals surface area (Å²) in [5, 5.41) is 18.9. The van der Waals surface area contributed by atoms with Gasteiger partial charge in [0.2, 0.25) is 5.89 Å². The first kappa shape index (κ1) is 17.7. The molecule has 1 atom stereocenters. The third-order valence-electron chi connectivity index (χ3n) is 4.93. The lowest BCUT2D eigenvalue weighted by atomic mass is 9.98. The van der Waals surface area contributed by atoms with Crippen LogP contribution in [0.3, 0.4) is 0 Å². The highest BCUT2D eigenvalue weighted by molar-refractivity contribution is 7.13. The number of para-hydroxylation sites is 1. The maximum atomic E-state index is 13.0. The highest BCUT2D eigenvalue weighted by Crippen LogP contribution is 2.30. The number of benzene rings is 1. The van der Waals surface area contributed by atoms with E-state index in [-0.39, 0.29) is 11.8 Å². The standard InChI is InChI=1S/C20H18N6O2S/c27-20(16-12-21-26(24-16)15-7-2-1-3-8-15)25-10-4-6-14(13-25)18-22-23-19(28-18)17-9-5-11-29-17/h1-3,5,7-9,11-12,14H,4,6,10,13H2. The van der Waals surface area contributed by atoms with Crippen LogP contribution in [0.4, 0.5) is 0 Å². The van der Waals surface area contributed by atoms with Gasteiger partial charge in [-0.3, -0.25) is 4.79 Å². The first-order valence-corrected chi connectivity index (χ1v) is 10.3. The molecule has 1 fully saturated rings. The molecule has 8 nitrogen and oxygen atoms in total. The van der Waals surface area contributed by atoms with Gasteiger partial charge in [-0.05, 0) is 36.4 Å². The number of rotatable bonds is 4. The summed E-state index contributed by atoms with van der Waals surface area (Å²) >= 11 is 1.56. The van der Waals surface area contributed by atoms with E-state index in [1.54, 1.807) is 16.2 Å². The maximum Gasteiger partial charge on any atom is 0.276 e. The molecule has 0 spiro atoms. The summed E-state index contributed by atoms with van der Waals surface area (Å²) in [6, 6.07) is 13.4. The molecule has 1 saturated heterocycles. The highest BCUT2D eigenvalue weighted by Gasteiger charge is 2.30. The van der Waals surface area contributed by atoms with Gasteiger partial charge in [-0.1, -0.05) is 24.3 Å². The number of nitrogens with zero attached hydrogens (tertiary/aromatic N) is 6. The Kier molecular flexibility index (Phi) is 4.65. The maximum absolute atomic E-state index is 13.0. The van der Waals surface area contributed by atoms with Crippen LogP contribution in [0, 0.1) is 0 Å². The predicted molar refractivity (Wildman–Crippen MR) is 107 cm³/mol. The van der Waals surface area contributed by atoms with Gasteiger partial charge in [-0.25, -0.2) is 0 Å². The van der Waals surface area contributed by atoms with Crippen LogP contribution in [-0.2, 0) is 0 Å². The van der Waals surface area contributed by atoms with Gasteiger partial charge in [0.25, 0.3) is 11.8 Å². The molecule has 1 amide bonds. The molecule has 146 valence electrons. The number of piperidine rings is 1. The van der Waals surface area contributed by atoms with Gasteiger partial charge < -0.3 is 9.32 Å². The fraction of sp³-hybridized carbons (Fsp3) is 0.250. The van der Waals surface area contributed by atoms with Gasteiger partial charge >= 0.3 is 0 Å². The molecule has 0 aliphatic carbocycles. The second-order valence-electron chi connectivity index (χ2n) is 6.87. The number of carbonyl (C=O) groups is 1. The van der Waals surface area contributed by atoms with E-state index in [0.717, 1.165) is 23.4 Å². The van der Waals surface area contributed by atoms with Gasteiger partial charge in [-0.15, -0.1) is 26.6 Å². The second kappa shape index (κ2) is 7.59. The number of thiophene rings is 1. The van der Waals surface area contributed by atoms with Gasteiger partial charge in [-0.2, -0.15) is 9.90 Å². The van der Waals surface area contributed by atoms with E-state index >= 15 is 0 Å². The fourth-order valence-corrected chi connectivity index (χ4v) is 4.12. The van der Waals surface area contributed by atoms with Crippen LogP contribution in [0.25, 0.3) is 16.5 Å². The molecule has 29 heavy (non-hydrogen) atoms. The number of carbonyl (C=O) groups excluding carboxylic acids is 1. The van der Waals surface area contributed by atoms with Crippen molar-refractivity contribution in [3.8, 4) is 16.5 Å². The van der Waals surface area contributed by atoms with Gasteiger partial charge in [0, 0.05) is 13.1 Å². The van der Waals surface area contributed by atoms with E-state index < -0.39 is 0 Å². The van der Waals surface area contributed by atoms with E-state index in [4.69, 9.17) is 4.42 Å². The fourth-order valence-electron chi connectivity index (χ4n) is 3.47. The molecule has 9 heteroatoms. The molecule has 0 bridgehead atoms. The summed E-state index contributed by atoms with van der Waals surface area (Å²) in [4.78, 5) is 17.2. The molecule has 3 aromatic heterocycles. The Morgan fingerprint density at radius 3 is 2.86 bits per heavy atom. The van der Waals surface area contributed by atoms with Crippen LogP contribution in [0.2, 0.25) is 0 Å². The summed E-state index contributed by atoms with van der Waals surface area (Å²) < 4.78 is 5.88. The summed E-state index contributed by atoms with van der Waals surface area (Å²) in [6.07, 6.45) is 3.30. The Labute approximate surface area is 170 Å². The van der Waals surface area contributed by atoms with Crippen molar-refractivity contribution in [3.05, 3.63) is 65.6 Å². The Hall–Kier alpha value is -3.33. The van der Waals surface area contributed by atoms with E-state index in [9.17, 15) is 4.79 Å². The Morgan fingerprint density at radius 2 is 2.03 bits per heavy atom. The molecular formula is C20H18N6O2S. The van der Waals surface area contributed by atoms with Crippen molar-refractivity contribution >= 4 is 17.2 Å². The Bertz CT molecular complexity index is 1110. The molecule has 4 heterocycles. The van der Waals surface area contributed by atoms with Crippen molar-refractivity contribution in [2.24, 2.45) is 0 Å². The lowest BCUT2D eigenvalue weighted by Crippen LogP contribution is -2.39. The normalized spacial score (nSPS) is 16.8. The van der Waals surface area contributed by atoms with Crippen molar-refractivity contribution in [2.45, 2.75) is 18.8 Å². The molecule has 1 aliphatic rings. The Morgan fingerprint density at radius 1 is 1.14 bits per heavy atom. The first-order valence-electron chi connectivity index (χ1n) is 9.42. The van der Waals surface area contributed by atoms with Crippen molar-refractivity contribution in [2.75, 3.05) is 13.1 Å². The van der Waals surface area contributed by atoms with E-state index in [1.165, 1.54) is 11.0 Å². The number of hydrogen-bond acceptors (Lipinski definition) is 7. The van der Waals surface area contributed by atoms with E-state index in [0.29, 0.717) is 30.6 Å². The first-order chi connectivity index (χ1) is 14.3. The molecule has 5 rings (SSSR count). The second-order valence-corrected chi connectivity index (χ2v) is 7.82. The molecule has 0 radical (unpaired) electrons. The highest BCUT2D eigenvalue weighted by atomic mass is 32.1. The number of likely N-dealkylation sites (tertiary alicyclic amines) is 1. The zero-order valence-electron chi connectivity index (χ0n) is 15.5. The van der Waals surface area contributed by atoms with Crippen LogP contribution in [0.15, 0.2) is 58.5 Å². The monoisotopic (exact) mass is 406 g/mol. The minimum absolute atomic E-state index is 0.0260. The zero-order chi connectivity index (χ0) is 19.6. The average Bonchev–Trinajstić information content (AvgIpc) is 3.55. The van der Waals surface area contributed by atoms with Crippen molar-refractivity contribution in [1.29, 1.82) is 0 Å². The van der Waals surface area contributed by atoms with Gasteiger partial charge in [0.15, 0.2) is 5.69 Å². The SMILES string of the molecule is O=C(c1cnn(-c2ccccc2)n1)N1CCCC(c2nnc(-c3cccs3)o2)C1. The number of amides is 1. The van der Waals surface area contributed by atoms with Crippen molar-refractivity contribution in [1.82, 2.24) is 30.1 Å².